The second-order valence-electron chi connectivity index (χ2n) is 9.73. The van der Waals surface area contributed by atoms with Crippen molar-refractivity contribution < 1.29 is 14.3 Å². The fraction of sp³-hybridized carbons (Fsp3) is 0.536. The summed E-state index contributed by atoms with van der Waals surface area (Å²) in [4.78, 5) is 13.8. The zero-order chi connectivity index (χ0) is 23.8. The lowest BCUT2D eigenvalue weighted by atomic mass is 9.69. The van der Waals surface area contributed by atoms with Gasteiger partial charge in [-0.05, 0) is 87.1 Å². The van der Waals surface area contributed by atoms with Crippen molar-refractivity contribution in [2.24, 2.45) is 23.5 Å². The maximum absolute atomic E-state index is 14.2. The molecular formula is C28H39FN2O2. The summed E-state index contributed by atoms with van der Waals surface area (Å²) in [6.45, 7) is 6.95. The third-order valence-corrected chi connectivity index (χ3v) is 7.57. The Morgan fingerprint density at radius 2 is 1.67 bits per heavy atom. The number of carbonyl (C=O) groups excluding carboxylic acids is 1. The topological polar surface area (TPSA) is 66.6 Å². The molecule has 3 atom stereocenters. The van der Waals surface area contributed by atoms with Gasteiger partial charge in [0, 0.05) is 18.5 Å². The fourth-order valence-corrected chi connectivity index (χ4v) is 5.58. The van der Waals surface area contributed by atoms with Crippen molar-refractivity contribution in [3.63, 3.8) is 0 Å². The largest absolute Gasteiger partial charge is 0.508 e. The first-order chi connectivity index (χ1) is 15.9. The van der Waals surface area contributed by atoms with Crippen LogP contribution in [0.1, 0.15) is 62.5 Å². The van der Waals surface area contributed by atoms with Crippen LogP contribution in [0.2, 0.25) is 0 Å². The highest BCUT2D eigenvalue weighted by molar-refractivity contribution is 5.76. The summed E-state index contributed by atoms with van der Waals surface area (Å²) in [5.41, 5.74) is 7.10. The van der Waals surface area contributed by atoms with Gasteiger partial charge in [0.25, 0.3) is 0 Å². The molecule has 3 unspecified atom stereocenters. The molecule has 2 aromatic carbocycles. The van der Waals surface area contributed by atoms with Crippen LogP contribution in [0.4, 0.5) is 4.39 Å². The van der Waals surface area contributed by atoms with E-state index in [4.69, 9.17) is 5.73 Å². The number of piperidine rings is 1. The molecule has 4 nitrogen and oxygen atoms in total. The van der Waals surface area contributed by atoms with Gasteiger partial charge in [-0.1, -0.05) is 49.7 Å². The van der Waals surface area contributed by atoms with Gasteiger partial charge in [0.15, 0.2) is 0 Å². The van der Waals surface area contributed by atoms with E-state index < -0.39 is 0 Å². The minimum absolute atomic E-state index is 0.0265. The summed E-state index contributed by atoms with van der Waals surface area (Å²) in [6.07, 6.45) is 6.20. The molecule has 0 radical (unpaired) electrons. The Morgan fingerprint density at radius 1 is 1.06 bits per heavy atom. The molecule has 2 aromatic rings. The van der Waals surface area contributed by atoms with Crippen LogP contribution in [0.25, 0.3) is 0 Å². The maximum atomic E-state index is 14.2. The van der Waals surface area contributed by atoms with Crippen molar-refractivity contribution in [1.29, 1.82) is 0 Å². The molecule has 1 aliphatic heterocycles. The van der Waals surface area contributed by atoms with Crippen molar-refractivity contribution in [3.05, 3.63) is 65.5 Å². The van der Waals surface area contributed by atoms with Crippen LogP contribution in [0, 0.1) is 30.5 Å². The van der Waals surface area contributed by atoms with E-state index in [1.54, 1.807) is 6.07 Å². The summed E-state index contributed by atoms with van der Waals surface area (Å²) in [6, 6.07) is 15.0. The molecule has 1 saturated heterocycles. The van der Waals surface area contributed by atoms with Gasteiger partial charge in [-0.15, -0.1) is 0 Å². The number of aromatic hydroxyl groups is 1. The lowest BCUT2D eigenvalue weighted by molar-refractivity contribution is -0.123. The predicted molar refractivity (Wildman–Crippen MR) is 131 cm³/mol. The molecule has 2 aliphatic rings. The predicted octanol–water partition coefficient (Wildman–Crippen LogP) is 5.63. The number of halogens is 1. The van der Waals surface area contributed by atoms with Crippen LogP contribution in [0.15, 0.2) is 48.5 Å². The van der Waals surface area contributed by atoms with E-state index in [1.165, 1.54) is 12.5 Å². The third kappa shape index (κ3) is 7.04. The van der Waals surface area contributed by atoms with Crippen molar-refractivity contribution in [2.75, 3.05) is 19.6 Å². The van der Waals surface area contributed by atoms with Gasteiger partial charge < -0.3 is 15.7 Å². The summed E-state index contributed by atoms with van der Waals surface area (Å²) in [5.74, 6) is 1.00. The molecule has 5 heteroatoms. The molecule has 2 fully saturated rings. The van der Waals surface area contributed by atoms with E-state index in [0.29, 0.717) is 23.3 Å². The second-order valence-corrected chi connectivity index (χ2v) is 9.73. The van der Waals surface area contributed by atoms with Crippen molar-refractivity contribution in [3.8, 4) is 5.75 Å². The Balaban J connectivity index is 0.000000442. The van der Waals surface area contributed by atoms with Crippen molar-refractivity contribution in [2.45, 2.75) is 58.3 Å². The highest BCUT2D eigenvalue weighted by Gasteiger charge is 2.34. The first kappa shape index (κ1) is 25.2. The average molecular weight is 455 g/mol. The van der Waals surface area contributed by atoms with Crippen molar-refractivity contribution in [1.82, 2.24) is 4.90 Å². The van der Waals surface area contributed by atoms with Gasteiger partial charge >= 0.3 is 0 Å². The summed E-state index contributed by atoms with van der Waals surface area (Å²) >= 11 is 0. The van der Waals surface area contributed by atoms with Crippen LogP contribution >= 0.6 is 0 Å². The zero-order valence-corrected chi connectivity index (χ0v) is 20.1. The van der Waals surface area contributed by atoms with Crippen LogP contribution < -0.4 is 5.73 Å². The van der Waals surface area contributed by atoms with E-state index in [1.807, 2.05) is 43.3 Å². The highest BCUT2D eigenvalue weighted by Crippen LogP contribution is 2.44. The minimum Gasteiger partial charge on any atom is -0.508 e. The summed E-state index contributed by atoms with van der Waals surface area (Å²) in [7, 11) is 0. The smallest absolute Gasteiger partial charge is 0.220 e. The number of nitrogens with two attached hydrogens (primary N) is 1. The highest BCUT2D eigenvalue weighted by atomic mass is 19.1. The van der Waals surface area contributed by atoms with Crippen LogP contribution in [0.5, 0.6) is 5.75 Å². The number of phenols is 1. The zero-order valence-electron chi connectivity index (χ0n) is 20.1. The number of primary amides is 1. The first-order valence-electron chi connectivity index (χ1n) is 12.4. The number of hydrogen-bond acceptors (Lipinski definition) is 3. The Hall–Kier alpha value is -2.40. The minimum atomic E-state index is -0.310. The third-order valence-electron chi connectivity index (χ3n) is 7.57. The lowest BCUT2D eigenvalue weighted by Crippen LogP contribution is -2.41. The summed E-state index contributed by atoms with van der Waals surface area (Å²) < 4.78 is 14.2. The number of phenolic OH excluding ortho intramolecular Hbond substituents is 1. The molecule has 3 N–H and O–H groups in total. The van der Waals surface area contributed by atoms with Crippen LogP contribution in [-0.2, 0) is 4.79 Å². The molecule has 33 heavy (non-hydrogen) atoms. The van der Waals surface area contributed by atoms with Crippen LogP contribution in [-0.4, -0.2) is 35.5 Å². The molecule has 1 amide bonds. The molecule has 4 rings (SSSR count). The second kappa shape index (κ2) is 12.2. The molecule has 1 heterocycles. The fourth-order valence-electron chi connectivity index (χ4n) is 5.58. The number of amides is 1. The standard InChI is InChI=1S/C22H33FN2O2.C6H6/c1-3-16-5-4-15(13-25-8-6-17(7-9-25)22(24)27)10-20(16)19-11-18(26)12-21(23)14(19)2;1-2-4-6-5-3-1/h11-12,15-17,20,26H,3-10,13H2,1-2H3,(H2,24,27);1-6H. The van der Waals surface area contributed by atoms with E-state index >= 15 is 0 Å². The molecule has 180 valence electrons. The normalized spacial score (nSPS) is 24.0. The number of rotatable bonds is 5. The summed E-state index contributed by atoms with van der Waals surface area (Å²) in [5, 5.41) is 9.92. The number of nitrogens with zero attached hydrogens (tertiary/aromatic N) is 1. The van der Waals surface area contributed by atoms with Gasteiger partial charge in [-0.2, -0.15) is 0 Å². The lowest BCUT2D eigenvalue weighted by Gasteiger charge is -2.40. The average Bonchev–Trinajstić information content (AvgIpc) is 2.83. The van der Waals surface area contributed by atoms with E-state index in [0.717, 1.165) is 57.3 Å². The first-order valence-corrected chi connectivity index (χ1v) is 12.4. The number of hydrogen-bond donors (Lipinski definition) is 2. The Morgan fingerprint density at radius 3 is 2.21 bits per heavy atom. The van der Waals surface area contributed by atoms with Gasteiger partial charge in [0.1, 0.15) is 11.6 Å². The number of likely N-dealkylation sites (tertiary alicyclic amines) is 1. The Bertz CT molecular complexity index is 854. The van der Waals surface area contributed by atoms with Crippen molar-refractivity contribution >= 4 is 5.91 Å². The quantitative estimate of drug-likeness (QED) is 0.615. The molecule has 0 aromatic heterocycles. The molecule has 0 bridgehead atoms. The van der Waals surface area contributed by atoms with Gasteiger partial charge in [0.2, 0.25) is 5.91 Å². The van der Waals surface area contributed by atoms with E-state index in [-0.39, 0.29) is 23.4 Å². The van der Waals surface area contributed by atoms with Gasteiger partial charge in [0.05, 0.1) is 0 Å². The molecule has 0 spiro atoms. The molecule has 1 saturated carbocycles. The monoisotopic (exact) mass is 454 g/mol. The molecular weight excluding hydrogens is 415 g/mol. The van der Waals surface area contributed by atoms with Gasteiger partial charge in [-0.25, -0.2) is 4.39 Å². The number of benzene rings is 2. The maximum Gasteiger partial charge on any atom is 0.220 e. The Kier molecular flexibility index (Phi) is 9.30. The van der Waals surface area contributed by atoms with E-state index in [2.05, 4.69) is 11.8 Å². The van der Waals surface area contributed by atoms with Crippen LogP contribution in [0.3, 0.4) is 0 Å². The molecule has 1 aliphatic carbocycles. The van der Waals surface area contributed by atoms with E-state index in [9.17, 15) is 14.3 Å². The number of carbonyl (C=O) groups is 1. The Labute approximate surface area is 198 Å². The van der Waals surface area contributed by atoms with Gasteiger partial charge in [-0.3, -0.25) is 4.79 Å². The SMILES string of the molecule is CCC1CCC(CN2CCC(C(N)=O)CC2)CC1c1cc(O)cc(F)c1C.c1ccccc1.